The third-order valence-electron chi connectivity index (χ3n) is 3.94. The summed E-state index contributed by atoms with van der Waals surface area (Å²) in [6.45, 7) is 3.34. The van der Waals surface area contributed by atoms with Gasteiger partial charge in [-0.15, -0.1) is 5.10 Å². The number of carbonyl (C=O) groups excluding carboxylic acids is 1. The average molecular weight is 300 g/mol. The van der Waals surface area contributed by atoms with Crippen molar-refractivity contribution in [1.29, 1.82) is 0 Å². The van der Waals surface area contributed by atoms with E-state index >= 15 is 0 Å². The van der Waals surface area contributed by atoms with Gasteiger partial charge in [0.05, 0.1) is 18.3 Å². The van der Waals surface area contributed by atoms with Crippen molar-refractivity contribution in [2.45, 2.75) is 31.9 Å². The number of aromatic nitrogens is 3. The van der Waals surface area contributed by atoms with E-state index in [1.165, 1.54) is 0 Å². The number of carbonyl (C=O) groups is 1. The molecule has 1 N–H and O–H groups in total. The molecule has 0 saturated carbocycles. The van der Waals surface area contributed by atoms with Gasteiger partial charge in [-0.25, -0.2) is 4.68 Å². The highest BCUT2D eigenvalue weighted by molar-refractivity contribution is 5.91. The van der Waals surface area contributed by atoms with E-state index in [0.29, 0.717) is 12.2 Å². The van der Waals surface area contributed by atoms with E-state index < -0.39 is 0 Å². The Morgan fingerprint density at radius 1 is 1.45 bits per heavy atom. The third-order valence-corrected chi connectivity index (χ3v) is 3.94. The summed E-state index contributed by atoms with van der Waals surface area (Å²) in [5.41, 5.74) is 1.46. The highest BCUT2D eigenvalue weighted by atomic mass is 16.5. The summed E-state index contributed by atoms with van der Waals surface area (Å²) in [5, 5.41) is 10.9. The second-order valence-corrected chi connectivity index (χ2v) is 5.52. The molecular weight excluding hydrogens is 280 g/mol. The van der Waals surface area contributed by atoms with Gasteiger partial charge < -0.3 is 10.1 Å². The number of amides is 1. The lowest BCUT2D eigenvalue weighted by Crippen LogP contribution is -2.32. The monoisotopic (exact) mass is 300 g/mol. The SMILES string of the molecule is C[C@@H](c1ccccc1)n1cc(C(=O)NC[C@H]2CCCO2)nn1. The molecule has 1 aliphatic rings. The second kappa shape index (κ2) is 6.70. The Bertz CT molecular complexity index is 620. The zero-order valence-electron chi connectivity index (χ0n) is 12.6. The van der Waals surface area contributed by atoms with Crippen LogP contribution < -0.4 is 5.32 Å². The number of hydrogen-bond donors (Lipinski definition) is 1. The van der Waals surface area contributed by atoms with Crippen molar-refractivity contribution in [2.75, 3.05) is 13.2 Å². The Labute approximate surface area is 129 Å². The van der Waals surface area contributed by atoms with Crippen LogP contribution in [0.25, 0.3) is 0 Å². The van der Waals surface area contributed by atoms with Crippen LogP contribution in [-0.2, 0) is 4.74 Å². The first kappa shape index (κ1) is 14.7. The number of ether oxygens (including phenoxy) is 1. The number of rotatable bonds is 5. The summed E-state index contributed by atoms with van der Waals surface area (Å²) >= 11 is 0. The molecule has 0 aliphatic carbocycles. The maximum atomic E-state index is 12.1. The highest BCUT2D eigenvalue weighted by Crippen LogP contribution is 2.16. The summed E-state index contributed by atoms with van der Waals surface area (Å²) in [6, 6.07) is 10.0. The maximum Gasteiger partial charge on any atom is 0.273 e. The first-order valence-corrected chi connectivity index (χ1v) is 7.60. The molecule has 3 rings (SSSR count). The standard InChI is InChI=1S/C16H20N4O2/c1-12(13-6-3-2-4-7-13)20-11-15(18-19-20)16(21)17-10-14-8-5-9-22-14/h2-4,6-7,11-12,14H,5,8-10H2,1H3,(H,17,21)/t12-,14+/m0/s1. The molecule has 1 aliphatic heterocycles. The molecule has 1 aromatic heterocycles. The Kier molecular flexibility index (Phi) is 4.48. The predicted molar refractivity (Wildman–Crippen MR) is 81.6 cm³/mol. The van der Waals surface area contributed by atoms with E-state index in [-0.39, 0.29) is 18.1 Å². The minimum absolute atomic E-state index is 0.0356. The molecule has 6 nitrogen and oxygen atoms in total. The summed E-state index contributed by atoms with van der Waals surface area (Å²) in [4.78, 5) is 12.1. The molecule has 1 amide bonds. The van der Waals surface area contributed by atoms with Crippen LogP contribution in [-0.4, -0.2) is 40.2 Å². The van der Waals surface area contributed by atoms with Crippen molar-refractivity contribution in [3.63, 3.8) is 0 Å². The minimum atomic E-state index is -0.206. The summed E-state index contributed by atoms with van der Waals surface area (Å²) < 4.78 is 7.19. The first-order chi connectivity index (χ1) is 10.7. The van der Waals surface area contributed by atoms with Gasteiger partial charge >= 0.3 is 0 Å². The van der Waals surface area contributed by atoms with Gasteiger partial charge in [0.15, 0.2) is 5.69 Å². The van der Waals surface area contributed by atoms with Crippen LogP contribution in [0, 0.1) is 0 Å². The Morgan fingerprint density at radius 2 is 2.27 bits per heavy atom. The fourth-order valence-electron chi connectivity index (χ4n) is 2.56. The molecule has 2 atom stereocenters. The van der Waals surface area contributed by atoms with Gasteiger partial charge in [0.1, 0.15) is 0 Å². The van der Waals surface area contributed by atoms with Crippen molar-refractivity contribution >= 4 is 5.91 Å². The van der Waals surface area contributed by atoms with E-state index in [1.807, 2.05) is 37.3 Å². The van der Waals surface area contributed by atoms with Crippen LogP contribution >= 0.6 is 0 Å². The normalized spacial score (nSPS) is 19.0. The van der Waals surface area contributed by atoms with Gasteiger partial charge in [0.2, 0.25) is 0 Å². The van der Waals surface area contributed by atoms with Crippen LogP contribution in [0.1, 0.15) is 41.9 Å². The van der Waals surface area contributed by atoms with Gasteiger partial charge in [-0.1, -0.05) is 35.5 Å². The molecule has 0 bridgehead atoms. The Balaban J connectivity index is 1.61. The zero-order valence-corrected chi connectivity index (χ0v) is 12.6. The van der Waals surface area contributed by atoms with Gasteiger partial charge in [0, 0.05) is 13.2 Å². The van der Waals surface area contributed by atoms with Crippen LogP contribution in [0.4, 0.5) is 0 Å². The minimum Gasteiger partial charge on any atom is -0.376 e. The lowest BCUT2D eigenvalue weighted by atomic mass is 10.1. The average Bonchev–Trinajstić information content (AvgIpc) is 3.24. The van der Waals surface area contributed by atoms with E-state index in [2.05, 4.69) is 15.6 Å². The summed E-state index contributed by atoms with van der Waals surface area (Å²) in [6.07, 6.45) is 3.87. The van der Waals surface area contributed by atoms with E-state index in [0.717, 1.165) is 25.0 Å². The fourth-order valence-corrected chi connectivity index (χ4v) is 2.56. The number of benzene rings is 1. The quantitative estimate of drug-likeness (QED) is 0.914. The smallest absolute Gasteiger partial charge is 0.273 e. The van der Waals surface area contributed by atoms with Crippen LogP contribution in [0.2, 0.25) is 0 Å². The van der Waals surface area contributed by atoms with Crippen LogP contribution in [0.15, 0.2) is 36.5 Å². The zero-order chi connectivity index (χ0) is 15.4. The molecule has 1 aromatic carbocycles. The van der Waals surface area contributed by atoms with Crippen molar-refractivity contribution in [2.24, 2.45) is 0 Å². The molecule has 1 saturated heterocycles. The third kappa shape index (κ3) is 3.33. The van der Waals surface area contributed by atoms with Crippen LogP contribution in [0.3, 0.4) is 0 Å². The van der Waals surface area contributed by atoms with Crippen molar-refractivity contribution < 1.29 is 9.53 Å². The molecule has 2 aromatic rings. The van der Waals surface area contributed by atoms with Crippen molar-refractivity contribution in [1.82, 2.24) is 20.3 Å². The molecule has 116 valence electrons. The highest BCUT2D eigenvalue weighted by Gasteiger charge is 2.19. The number of hydrogen-bond acceptors (Lipinski definition) is 4. The second-order valence-electron chi connectivity index (χ2n) is 5.52. The molecule has 0 unspecified atom stereocenters. The molecule has 1 fully saturated rings. The van der Waals surface area contributed by atoms with Gasteiger partial charge in [-0.2, -0.15) is 0 Å². The Morgan fingerprint density at radius 3 is 3.00 bits per heavy atom. The Hall–Kier alpha value is -2.21. The van der Waals surface area contributed by atoms with E-state index in [4.69, 9.17) is 4.74 Å². The van der Waals surface area contributed by atoms with Crippen molar-refractivity contribution in [3.8, 4) is 0 Å². The lowest BCUT2D eigenvalue weighted by molar-refractivity contribution is 0.0853. The largest absolute Gasteiger partial charge is 0.376 e. The molecule has 2 heterocycles. The molecule has 0 radical (unpaired) electrons. The fraction of sp³-hybridized carbons (Fsp3) is 0.438. The van der Waals surface area contributed by atoms with Crippen LogP contribution in [0.5, 0.6) is 0 Å². The topological polar surface area (TPSA) is 69.0 Å². The number of nitrogens with one attached hydrogen (secondary N) is 1. The van der Waals surface area contributed by atoms with Crippen molar-refractivity contribution in [3.05, 3.63) is 47.8 Å². The summed E-state index contributed by atoms with van der Waals surface area (Å²) in [5.74, 6) is -0.206. The molecular formula is C16H20N4O2. The lowest BCUT2D eigenvalue weighted by Gasteiger charge is -2.11. The van der Waals surface area contributed by atoms with E-state index in [9.17, 15) is 4.79 Å². The van der Waals surface area contributed by atoms with E-state index in [1.54, 1.807) is 10.9 Å². The van der Waals surface area contributed by atoms with Gasteiger partial charge in [-0.3, -0.25) is 4.79 Å². The van der Waals surface area contributed by atoms with Gasteiger partial charge in [-0.05, 0) is 25.3 Å². The maximum absolute atomic E-state index is 12.1. The van der Waals surface area contributed by atoms with Gasteiger partial charge in [0.25, 0.3) is 5.91 Å². The predicted octanol–water partition coefficient (Wildman–Crippen LogP) is 1.80. The molecule has 0 spiro atoms. The number of nitrogens with zero attached hydrogens (tertiary/aromatic N) is 3. The molecule has 6 heteroatoms. The first-order valence-electron chi connectivity index (χ1n) is 7.60. The molecule has 22 heavy (non-hydrogen) atoms. The summed E-state index contributed by atoms with van der Waals surface area (Å²) in [7, 11) is 0.